The van der Waals surface area contributed by atoms with E-state index < -0.39 is 24.0 Å². The summed E-state index contributed by atoms with van der Waals surface area (Å²) in [5.41, 5.74) is 3.45. The number of esters is 1. The molecule has 224 valence electrons. The van der Waals surface area contributed by atoms with Gasteiger partial charge in [-0.3, -0.25) is 5.01 Å². The van der Waals surface area contributed by atoms with E-state index in [4.69, 9.17) is 21.1 Å². The lowest BCUT2D eigenvalue weighted by Crippen LogP contribution is -2.45. The van der Waals surface area contributed by atoms with E-state index in [2.05, 4.69) is 30.7 Å². The molecule has 0 amide bonds. The molecule has 0 aliphatic carbocycles. The molecule has 1 aliphatic heterocycles. The fourth-order valence-corrected chi connectivity index (χ4v) is 4.32. The summed E-state index contributed by atoms with van der Waals surface area (Å²) in [5, 5.41) is 3.88. The molecule has 16 heteroatoms. The lowest BCUT2D eigenvalue weighted by atomic mass is 10.1. The Bertz CT molecular complexity index is 1670. The maximum atomic E-state index is 13.6. The first-order valence-electron chi connectivity index (χ1n) is 12.6. The number of nitrogens with zero attached hydrogens (tertiary/aromatic N) is 6. The van der Waals surface area contributed by atoms with Crippen LogP contribution in [0.2, 0.25) is 5.02 Å². The third kappa shape index (κ3) is 6.67. The smallest absolute Gasteiger partial charge is 0.409 e. The van der Waals surface area contributed by atoms with Crippen molar-refractivity contribution < 1.29 is 31.8 Å². The number of anilines is 3. The maximum absolute atomic E-state index is 13.6. The number of alkyl halides is 3. The molecule has 4 aromatic rings. The van der Waals surface area contributed by atoms with Crippen molar-refractivity contribution in [1.29, 1.82) is 0 Å². The van der Waals surface area contributed by atoms with Crippen LogP contribution in [-0.2, 0) is 11.3 Å². The number of benzene rings is 1. The number of imidazole rings is 1. The van der Waals surface area contributed by atoms with E-state index in [1.165, 1.54) is 44.6 Å². The summed E-state index contributed by atoms with van der Waals surface area (Å²) >= 11 is 5.87. The molecule has 2 N–H and O–H groups in total. The third-order valence-corrected chi connectivity index (χ3v) is 6.54. The van der Waals surface area contributed by atoms with Gasteiger partial charge < -0.3 is 19.4 Å². The molecule has 1 unspecified atom stereocenters. The number of pyridine rings is 1. The highest BCUT2D eigenvalue weighted by Crippen LogP contribution is 2.36. The minimum Gasteiger partial charge on any atom is -0.475 e. The standard InChI is InChI=1S/C27H23ClF4N8O3/c1-15-9-22(27(30,31)32)38-40(15)23-19(13-35-26(37-23)36-17-3-4-21(29)20(28)11-17)16-10-18(25(41)42-2)24(34-12-16)43-8-7-39-6-5-33-14-39/h3-6,9-14,22,38H,7-8H2,1-2H3,(H,35,36,37). The summed E-state index contributed by atoms with van der Waals surface area (Å²) in [6, 6.07) is 3.30. The van der Waals surface area contributed by atoms with Crippen molar-refractivity contribution in [1.82, 2.24) is 29.9 Å². The number of ether oxygens (including phenoxy) is 2. The van der Waals surface area contributed by atoms with Crippen LogP contribution in [0.25, 0.3) is 11.1 Å². The number of nitrogens with one attached hydrogen (secondary N) is 2. The molecule has 1 aromatic carbocycles. The van der Waals surface area contributed by atoms with Crippen LogP contribution in [0.1, 0.15) is 17.3 Å². The molecule has 0 saturated heterocycles. The second kappa shape index (κ2) is 12.2. The first kappa shape index (κ1) is 29.7. The number of hydrazine groups is 1. The normalized spacial score (nSPS) is 14.9. The average molecular weight is 619 g/mol. The lowest BCUT2D eigenvalue weighted by Gasteiger charge is -2.25. The molecule has 5 rings (SSSR count). The van der Waals surface area contributed by atoms with Crippen LogP contribution in [0.5, 0.6) is 5.88 Å². The van der Waals surface area contributed by atoms with Gasteiger partial charge in [-0.15, -0.1) is 0 Å². The zero-order valence-electron chi connectivity index (χ0n) is 22.6. The summed E-state index contributed by atoms with van der Waals surface area (Å²) in [5.74, 6) is -1.39. The van der Waals surface area contributed by atoms with Gasteiger partial charge in [0.1, 0.15) is 24.0 Å². The Hall–Kier alpha value is -4.76. The largest absolute Gasteiger partial charge is 0.475 e. The second-order valence-electron chi connectivity index (χ2n) is 9.19. The summed E-state index contributed by atoms with van der Waals surface area (Å²) in [4.78, 5) is 29.7. The molecule has 0 spiro atoms. The fraction of sp³-hybridized carbons (Fsp3) is 0.222. The molecule has 43 heavy (non-hydrogen) atoms. The van der Waals surface area contributed by atoms with E-state index >= 15 is 0 Å². The van der Waals surface area contributed by atoms with Crippen molar-refractivity contribution in [2.24, 2.45) is 0 Å². The number of hydrogen-bond donors (Lipinski definition) is 2. The summed E-state index contributed by atoms with van der Waals surface area (Å²) < 4.78 is 66.9. The van der Waals surface area contributed by atoms with Crippen LogP contribution in [0, 0.1) is 5.82 Å². The van der Waals surface area contributed by atoms with Gasteiger partial charge in [-0.25, -0.2) is 29.6 Å². The third-order valence-electron chi connectivity index (χ3n) is 6.25. The van der Waals surface area contributed by atoms with Crippen molar-refractivity contribution in [3.05, 3.63) is 83.6 Å². The van der Waals surface area contributed by atoms with Crippen LogP contribution in [0.3, 0.4) is 0 Å². The highest BCUT2D eigenvalue weighted by atomic mass is 35.5. The van der Waals surface area contributed by atoms with Crippen LogP contribution >= 0.6 is 11.6 Å². The van der Waals surface area contributed by atoms with E-state index in [0.717, 1.165) is 17.2 Å². The van der Waals surface area contributed by atoms with Crippen LogP contribution in [0.4, 0.5) is 35.0 Å². The number of hydrogen-bond acceptors (Lipinski definition) is 10. The van der Waals surface area contributed by atoms with Gasteiger partial charge in [-0.2, -0.15) is 18.2 Å². The minimum atomic E-state index is -4.58. The molecule has 11 nitrogen and oxygen atoms in total. The number of carbonyl (C=O) groups is 1. The lowest BCUT2D eigenvalue weighted by molar-refractivity contribution is -0.142. The maximum Gasteiger partial charge on any atom is 0.409 e. The van der Waals surface area contributed by atoms with Crippen molar-refractivity contribution in [3.63, 3.8) is 0 Å². The van der Waals surface area contributed by atoms with Crippen molar-refractivity contribution in [3.8, 4) is 17.0 Å². The Balaban J connectivity index is 1.52. The second-order valence-corrected chi connectivity index (χ2v) is 9.60. The number of allylic oxidation sites excluding steroid dienone is 1. The van der Waals surface area contributed by atoms with Gasteiger partial charge in [0.2, 0.25) is 11.8 Å². The average Bonchev–Trinajstić information content (AvgIpc) is 3.64. The topological polar surface area (TPSA) is 119 Å². The van der Waals surface area contributed by atoms with Gasteiger partial charge >= 0.3 is 12.1 Å². The summed E-state index contributed by atoms with van der Waals surface area (Å²) in [6.45, 7) is 2.07. The van der Waals surface area contributed by atoms with Crippen LogP contribution < -0.4 is 20.5 Å². The molecule has 4 heterocycles. The van der Waals surface area contributed by atoms with Gasteiger partial charge in [0, 0.05) is 47.3 Å². The fourth-order valence-electron chi connectivity index (χ4n) is 4.14. The van der Waals surface area contributed by atoms with Crippen molar-refractivity contribution in [2.45, 2.75) is 25.7 Å². The van der Waals surface area contributed by atoms with Crippen molar-refractivity contribution in [2.75, 3.05) is 24.0 Å². The van der Waals surface area contributed by atoms with Crippen molar-refractivity contribution >= 4 is 35.0 Å². The molecule has 0 fully saturated rings. The van der Waals surface area contributed by atoms with Gasteiger partial charge in [-0.1, -0.05) is 11.6 Å². The summed E-state index contributed by atoms with van der Waals surface area (Å²) in [6.07, 6.45) is 4.13. The number of rotatable bonds is 9. The SMILES string of the molecule is COC(=O)c1cc(-c2cnc(Nc3ccc(F)c(Cl)c3)nc2N2NC(C(F)(F)F)C=C2C)cnc1OCCn1ccnc1. The Labute approximate surface area is 247 Å². The minimum absolute atomic E-state index is 0.00262. The number of aromatic nitrogens is 5. The van der Waals surface area contributed by atoms with E-state index in [-0.39, 0.29) is 46.1 Å². The zero-order chi connectivity index (χ0) is 30.7. The monoisotopic (exact) mass is 618 g/mol. The Morgan fingerprint density at radius 1 is 1.21 bits per heavy atom. The Morgan fingerprint density at radius 3 is 2.70 bits per heavy atom. The van der Waals surface area contributed by atoms with Gasteiger partial charge in [0.15, 0.2) is 5.82 Å². The predicted octanol–water partition coefficient (Wildman–Crippen LogP) is 5.30. The number of carbonyl (C=O) groups excluding carboxylic acids is 1. The van der Waals surface area contributed by atoms with E-state index in [0.29, 0.717) is 17.8 Å². The number of methoxy groups -OCH3 is 1. The van der Waals surface area contributed by atoms with Crippen LogP contribution in [-0.4, -0.2) is 56.4 Å². The first-order chi connectivity index (χ1) is 20.5. The molecular weight excluding hydrogens is 596 g/mol. The van der Waals surface area contributed by atoms with E-state index in [9.17, 15) is 22.4 Å². The van der Waals surface area contributed by atoms with Crippen LogP contribution in [0.15, 0.2) is 67.2 Å². The number of halogens is 5. The highest BCUT2D eigenvalue weighted by Gasteiger charge is 2.43. The van der Waals surface area contributed by atoms with Gasteiger partial charge in [-0.05, 0) is 37.3 Å². The zero-order valence-corrected chi connectivity index (χ0v) is 23.3. The quantitative estimate of drug-likeness (QED) is 0.189. The van der Waals surface area contributed by atoms with Gasteiger partial charge in [0.25, 0.3) is 0 Å². The van der Waals surface area contributed by atoms with E-state index in [1.54, 1.807) is 23.3 Å². The molecular formula is C27H23ClF4N8O3. The Morgan fingerprint density at radius 2 is 2.02 bits per heavy atom. The highest BCUT2D eigenvalue weighted by molar-refractivity contribution is 6.31. The summed E-state index contributed by atoms with van der Waals surface area (Å²) in [7, 11) is 1.20. The molecule has 0 bridgehead atoms. The molecule has 1 atom stereocenters. The Kier molecular flexibility index (Phi) is 8.45. The van der Waals surface area contributed by atoms with E-state index in [1.807, 2.05) is 0 Å². The first-order valence-corrected chi connectivity index (χ1v) is 13.0. The van der Waals surface area contributed by atoms with Gasteiger partial charge in [0.05, 0.1) is 25.0 Å². The molecule has 0 radical (unpaired) electrons. The molecule has 0 saturated carbocycles. The molecule has 1 aliphatic rings. The molecule has 3 aromatic heterocycles. The predicted molar refractivity (Wildman–Crippen MR) is 148 cm³/mol.